The molecule has 4 nitrogen and oxygen atoms in total. The minimum Gasteiger partial charge on any atom is -0.478 e. The van der Waals surface area contributed by atoms with Crippen molar-refractivity contribution in [1.82, 2.24) is 4.98 Å². The van der Waals surface area contributed by atoms with Gasteiger partial charge in [0.15, 0.2) is 0 Å². The van der Waals surface area contributed by atoms with Gasteiger partial charge in [0, 0.05) is 12.2 Å². The molecule has 0 amide bonds. The number of carboxylic acid groups (broad SMARTS) is 1. The van der Waals surface area contributed by atoms with Gasteiger partial charge in [0.05, 0.1) is 0 Å². The topological polar surface area (TPSA) is 62.2 Å². The Morgan fingerprint density at radius 2 is 2.50 bits per heavy atom. The van der Waals surface area contributed by atoms with Gasteiger partial charge in [-0.1, -0.05) is 13.3 Å². The molecule has 0 aliphatic heterocycles. The molecular weight excluding hydrogens is 204 g/mol. The van der Waals surface area contributed by atoms with Crippen LogP contribution in [0, 0.1) is 5.92 Å². The molecule has 1 fully saturated rings. The molecule has 0 radical (unpaired) electrons. The number of aromatic nitrogens is 1. The molecular formula is C12H16N2O2. The van der Waals surface area contributed by atoms with Crippen molar-refractivity contribution in [1.29, 1.82) is 0 Å². The quantitative estimate of drug-likeness (QED) is 0.799. The summed E-state index contributed by atoms with van der Waals surface area (Å²) < 4.78 is 0. The van der Waals surface area contributed by atoms with E-state index in [4.69, 9.17) is 5.11 Å². The number of carbonyl (C=O) groups is 1. The van der Waals surface area contributed by atoms with Gasteiger partial charge in [0.1, 0.15) is 11.4 Å². The van der Waals surface area contributed by atoms with Crippen LogP contribution in [-0.4, -0.2) is 22.1 Å². The van der Waals surface area contributed by atoms with E-state index < -0.39 is 5.97 Å². The summed E-state index contributed by atoms with van der Waals surface area (Å²) >= 11 is 0. The van der Waals surface area contributed by atoms with Gasteiger partial charge in [-0.3, -0.25) is 0 Å². The van der Waals surface area contributed by atoms with E-state index in [0.29, 0.717) is 17.8 Å². The van der Waals surface area contributed by atoms with Crippen LogP contribution in [0.4, 0.5) is 5.82 Å². The molecule has 16 heavy (non-hydrogen) atoms. The van der Waals surface area contributed by atoms with Gasteiger partial charge < -0.3 is 10.4 Å². The zero-order valence-electron chi connectivity index (χ0n) is 9.31. The van der Waals surface area contributed by atoms with Crippen LogP contribution in [0.15, 0.2) is 18.3 Å². The van der Waals surface area contributed by atoms with Crippen LogP contribution in [0.1, 0.15) is 36.5 Å². The molecule has 1 aliphatic rings. The number of rotatable bonds is 5. The fourth-order valence-electron chi connectivity index (χ4n) is 1.98. The maximum atomic E-state index is 11.0. The summed E-state index contributed by atoms with van der Waals surface area (Å²) in [5.74, 6) is 0.260. The van der Waals surface area contributed by atoms with Crippen molar-refractivity contribution in [3.8, 4) is 0 Å². The van der Waals surface area contributed by atoms with Gasteiger partial charge in [-0.05, 0) is 30.9 Å². The fraction of sp³-hybridized carbons (Fsp3) is 0.500. The van der Waals surface area contributed by atoms with Gasteiger partial charge in [0.25, 0.3) is 0 Å². The number of anilines is 1. The maximum absolute atomic E-state index is 11.0. The molecule has 1 aromatic heterocycles. The lowest BCUT2D eigenvalue weighted by Crippen LogP contribution is -2.11. The number of pyridine rings is 1. The maximum Gasteiger partial charge on any atom is 0.339 e. The average Bonchev–Trinajstić information content (AvgIpc) is 2.97. The number of nitrogens with one attached hydrogen (secondary N) is 1. The van der Waals surface area contributed by atoms with Gasteiger partial charge in [-0.25, -0.2) is 9.78 Å². The molecule has 0 spiro atoms. The summed E-state index contributed by atoms with van der Waals surface area (Å²) in [5.41, 5.74) is 0.254. The molecule has 1 aliphatic carbocycles. The van der Waals surface area contributed by atoms with Crippen LogP contribution in [0.2, 0.25) is 0 Å². The highest BCUT2D eigenvalue weighted by Crippen LogP contribution is 2.37. The molecule has 2 rings (SSSR count). The summed E-state index contributed by atoms with van der Waals surface area (Å²) in [6.45, 7) is 2.17. The second-order valence-electron chi connectivity index (χ2n) is 4.24. The number of carboxylic acids is 1. The summed E-state index contributed by atoms with van der Waals surface area (Å²) in [7, 11) is 0. The van der Waals surface area contributed by atoms with Crippen LogP contribution >= 0.6 is 0 Å². The Morgan fingerprint density at radius 1 is 1.69 bits per heavy atom. The highest BCUT2D eigenvalue weighted by atomic mass is 16.4. The van der Waals surface area contributed by atoms with Crippen molar-refractivity contribution in [3.63, 3.8) is 0 Å². The lowest BCUT2D eigenvalue weighted by molar-refractivity contribution is 0.0697. The molecule has 0 aromatic carbocycles. The highest BCUT2D eigenvalue weighted by Gasteiger charge is 2.36. The van der Waals surface area contributed by atoms with Crippen LogP contribution in [0.3, 0.4) is 0 Å². The Morgan fingerprint density at radius 3 is 3.19 bits per heavy atom. The summed E-state index contributed by atoms with van der Waals surface area (Å²) in [6.07, 6.45) is 5.12. The van der Waals surface area contributed by atoms with Gasteiger partial charge >= 0.3 is 5.97 Å². The van der Waals surface area contributed by atoms with E-state index in [1.54, 1.807) is 18.3 Å². The first-order valence-electron chi connectivity index (χ1n) is 5.67. The third-order valence-corrected chi connectivity index (χ3v) is 2.94. The first kappa shape index (κ1) is 10.9. The van der Waals surface area contributed by atoms with E-state index in [1.165, 1.54) is 12.8 Å². The molecule has 2 N–H and O–H groups in total. The van der Waals surface area contributed by atoms with E-state index in [9.17, 15) is 4.79 Å². The zero-order chi connectivity index (χ0) is 11.5. The lowest BCUT2D eigenvalue weighted by Gasteiger charge is -2.07. The predicted octanol–water partition coefficient (Wildman–Crippen LogP) is 2.38. The SMILES string of the molecule is CCCC1CC1Nc1ncccc1C(=O)O. The van der Waals surface area contributed by atoms with E-state index in [1.807, 2.05) is 0 Å². The number of hydrogen-bond donors (Lipinski definition) is 2. The van der Waals surface area contributed by atoms with E-state index in [2.05, 4.69) is 17.2 Å². The first-order valence-corrected chi connectivity index (χ1v) is 5.67. The Bertz CT molecular complexity index is 392. The third-order valence-electron chi connectivity index (χ3n) is 2.94. The normalized spacial score (nSPS) is 22.8. The molecule has 0 bridgehead atoms. The second kappa shape index (κ2) is 4.51. The average molecular weight is 220 g/mol. The predicted molar refractivity (Wildman–Crippen MR) is 61.6 cm³/mol. The summed E-state index contributed by atoms with van der Waals surface area (Å²) in [4.78, 5) is 15.0. The Balaban J connectivity index is 2.02. The Labute approximate surface area is 94.7 Å². The molecule has 1 aromatic rings. The van der Waals surface area contributed by atoms with Crippen molar-refractivity contribution in [2.45, 2.75) is 32.2 Å². The Hall–Kier alpha value is -1.58. The first-order chi connectivity index (χ1) is 7.72. The van der Waals surface area contributed by atoms with Crippen molar-refractivity contribution in [3.05, 3.63) is 23.9 Å². The monoisotopic (exact) mass is 220 g/mol. The van der Waals surface area contributed by atoms with Crippen molar-refractivity contribution >= 4 is 11.8 Å². The van der Waals surface area contributed by atoms with Crippen LogP contribution in [0.5, 0.6) is 0 Å². The van der Waals surface area contributed by atoms with E-state index in [-0.39, 0.29) is 5.56 Å². The minimum atomic E-state index is -0.928. The standard InChI is InChI=1S/C12H16N2O2/c1-2-4-8-7-10(8)14-11-9(12(15)16)5-3-6-13-11/h3,5-6,8,10H,2,4,7H2,1H3,(H,13,14)(H,15,16). The smallest absolute Gasteiger partial charge is 0.339 e. The van der Waals surface area contributed by atoms with Crippen molar-refractivity contribution < 1.29 is 9.90 Å². The molecule has 4 heteroatoms. The summed E-state index contributed by atoms with van der Waals surface area (Å²) in [6, 6.07) is 3.63. The summed E-state index contributed by atoms with van der Waals surface area (Å²) in [5, 5.41) is 12.2. The van der Waals surface area contributed by atoms with Gasteiger partial charge in [-0.2, -0.15) is 0 Å². The van der Waals surface area contributed by atoms with Crippen LogP contribution in [-0.2, 0) is 0 Å². The number of hydrogen-bond acceptors (Lipinski definition) is 3. The number of nitrogens with zero attached hydrogens (tertiary/aromatic N) is 1. The zero-order valence-corrected chi connectivity index (χ0v) is 9.31. The number of aromatic carboxylic acids is 1. The van der Waals surface area contributed by atoms with Crippen molar-refractivity contribution in [2.75, 3.05) is 5.32 Å². The van der Waals surface area contributed by atoms with Gasteiger partial charge in [0.2, 0.25) is 0 Å². The molecule has 2 unspecified atom stereocenters. The highest BCUT2D eigenvalue weighted by molar-refractivity contribution is 5.93. The fourth-order valence-corrected chi connectivity index (χ4v) is 1.98. The molecule has 1 heterocycles. The van der Waals surface area contributed by atoms with Crippen LogP contribution in [0.25, 0.3) is 0 Å². The second-order valence-corrected chi connectivity index (χ2v) is 4.24. The largest absolute Gasteiger partial charge is 0.478 e. The van der Waals surface area contributed by atoms with Crippen LogP contribution < -0.4 is 5.32 Å². The lowest BCUT2D eigenvalue weighted by atomic mass is 10.2. The van der Waals surface area contributed by atoms with Crippen molar-refractivity contribution in [2.24, 2.45) is 5.92 Å². The molecule has 1 saturated carbocycles. The van der Waals surface area contributed by atoms with E-state index in [0.717, 1.165) is 6.42 Å². The minimum absolute atomic E-state index is 0.254. The molecule has 0 saturated heterocycles. The van der Waals surface area contributed by atoms with Gasteiger partial charge in [-0.15, -0.1) is 0 Å². The Kier molecular flexibility index (Phi) is 3.08. The third kappa shape index (κ3) is 2.32. The molecule has 2 atom stereocenters. The van der Waals surface area contributed by atoms with E-state index >= 15 is 0 Å². The molecule has 86 valence electrons.